The quantitative estimate of drug-likeness (QED) is 0.531. The van der Waals surface area contributed by atoms with Gasteiger partial charge in [0, 0.05) is 18.2 Å². The van der Waals surface area contributed by atoms with E-state index in [1.54, 1.807) is 45.0 Å². The maximum Gasteiger partial charge on any atom is 0.408 e. The van der Waals surface area contributed by atoms with E-state index in [-0.39, 0.29) is 30.3 Å². The summed E-state index contributed by atoms with van der Waals surface area (Å²) < 4.78 is 5.38. The zero-order valence-corrected chi connectivity index (χ0v) is 22.0. The monoisotopic (exact) mass is 483 g/mol. The summed E-state index contributed by atoms with van der Waals surface area (Å²) in [4.78, 5) is 41.4. The lowest BCUT2D eigenvalue weighted by Crippen LogP contribution is -2.55. The first-order chi connectivity index (χ1) is 16.5. The Morgan fingerprint density at radius 2 is 1.71 bits per heavy atom. The van der Waals surface area contributed by atoms with E-state index in [1.165, 1.54) is 11.3 Å². The second kappa shape index (κ2) is 12.6. The first-order valence-corrected chi connectivity index (χ1v) is 12.6. The third kappa shape index (κ3) is 8.31. The molecule has 1 aromatic rings. The second-order valence-electron chi connectivity index (χ2n) is 10.5. The van der Waals surface area contributed by atoms with E-state index < -0.39 is 23.8 Å². The average Bonchev–Trinajstić information content (AvgIpc) is 2.80. The van der Waals surface area contributed by atoms with Gasteiger partial charge in [0.2, 0.25) is 11.8 Å². The molecule has 3 amide bonds. The molecule has 2 unspecified atom stereocenters. The van der Waals surface area contributed by atoms with Crippen molar-refractivity contribution >= 4 is 17.9 Å². The molecular weight excluding hydrogens is 442 g/mol. The largest absolute Gasteiger partial charge is 0.444 e. The fourth-order valence-electron chi connectivity index (χ4n) is 4.35. The maximum atomic E-state index is 13.8. The van der Waals surface area contributed by atoms with Crippen molar-refractivity contribution in [3.8, 4) is 12.3 Å². The van der Waals surface area contributed by atoms with Gasteiger partial charge < -0.3 is 20.3 Å². The molecule has 2 N–H and O–H groups in total. The van der Waals surface area contributed by atoms with Crippen molar-refractivity contribution in [3.05, 3.63) is 35.4 Å². The number of benzene rings is 1. The van der Waals surface area contributed by atoms with Gasteiger partial charge in [-0.3, -0.25) is 9.59 Å². The highest BCUT2D eigenvalue weighted by molar-refractivity contribution is 5.92. The summed E-state index contributed by atoms with van der Waals surface area (Å²) in [6, 6.07) is 5.53. The fraction of sp³-hybridized carbons (Fsp3) is 0.607. The molecule has 192 valence electrons. The van der Waals surface area contributed by atoms with Crippen LogP contribution in [0.4, 0.5) is 4.79 Å². The van der Waals surface area contributed by atoms with Crippen LogP contribution in [0.3, 0.4) is 0 Å². The Bertz CT molecular complexity index is 906. The topological polar surface area (TPSA) is 87.7 Å². The number of hydrogen-bond acceptors (Lipinski definition) is 4. The molecule has 35 heavy (non-hydrogen) atoms. The molecule has 0 heterocycles. The van der Waals surface area contributed by atoms with E-state index >= 15 is 0 Å². The number of likely N-dealkylation sites (N-methyl/N-ethyl adjacent to an activating group) is 1. The number of nitrogens with one attached hydrogen (secondary N) is 2. The molecule has 7 nitrogen and oxygen atoms in total. The lowest BCUT2D eigenvalue weighted by atomic mass is 9.94. The summed E-state index contributed by atoms with van der Waals surface area (Å²) in [6.07, 6.45) is 10.1. The lowest BCUT2D eigenvalue weighted by Gasteiger charge is -2.36. The van der Waals surface area contributed by atoms with Crippen LogP contribution in [0.15, 0.2) is 24.3 Å². The zero-order valence-electron chi connectivity index (χ0n) is 22.0. The van der Waals surface area contributed by atoms with Crippen LogP contribution in [0.25, 0.3) is 0 Å². The Balaban J connectivity index is 2.37. The fourth-order valence-corrected chi connectivity index (χ4v) is 4.35. The lowest BCUT2D eigenvalue weighted by molar-refractivity contribution is -0.143. The standard InChI is InChI=1S/C28H41N3O4/c1-8-20-15-17-21(18-16-20)24(25(32)29-22-13-11-10-12-14-22)31(9-2)26(33)23(19(3)4)30-27(34)35-28(5,6)7/h1,15-19,22-24H,9-14H2,2-7H3,(H,29,32)(H,30,34). The van der Waals surface area contributed by atoms with Gasteiger partial charge in [0.25, 0.3) is 0 Å². The van der Waals surface area contributed by atoms with Crippen molar-refractivity contribution in [2.45, 2.75) is 97.4 Å². The Morgan fingerprint density at radius 1 is 1.11 bits per heavy atom. The molecule has 1 saturated carbocycles. The first kappa shape index (κ1) is 28.2. The van der Waals surface area contributed by atoms with E-state index in [1.807, 2.05) is 20.8 Å². The molecule has 0 spiro atoms. The SMILES string of the molecule is C#Cc1ccc(C(C(=O)NC2CCCCC2)N(CC)C(=O)C(NC(=O)OC(C)(C)C)C(C)C)cc1. The van der Waals surface area contributed by atoms with Crippen LogP contribution in [0.2, 0.25) is 0 Å². The number of amides is 3. The molecule has 0 radical (unpaired) electrons. The predicted molar refractivity (Wildman–Crippen MR) is 138 cm³/mol. The number of carbonyl (C=O) groups is 3. The second-order valence-corrected chi connectivity index (χ2v) is 10.5. The van der Waals surface area contributed by atoms with E-state index in [4.69, 9.17) is 11.2 Å². The Hall–Kier alpha value is -3.01. The normalized spacial score (nSPS) is 16.1. The van der Waals surface area contributed by atoms with Crippen molar-refractivity contribution in [3.63, 3.8) is 0 Å². The van der Waals surface area contributed by atoms with Gasteiger partial charge in [-0.25, -0.2) is 4.79 Å². The smallest absolute Gasteiger partial charge is 0.408 e. The number of terminal acetylenes is 1. The molecule has 1 fully saturated rings. The van der Waals surface area contributed by atoms with Gasteiger partial charge in [-0.1, -0.05) is 51.2 Å². The Labute approximate surface area is 210 Å². The van der Waals surface area contributed by atoms with Crippen molar-refractivity contribution in [2.24, 2.45) is 5.92 Å². The molecule has 1 aliphatic carbocycles. The van der Waals surface area contributed by atoms with Crippen LogP contribution in [-0.4, -0.2) is 47.0 Å². The summed E-state index contributed by atoms with van der Waals surface area (Å²) in [7, 11) is 0. The van der Waals surface area contributed by atoms with Gasteiger partial charge >= 0.3 is 6.09 Å². The molecule has 0 aromatic heterocycles. The van der Waals surface area contributed by atoms with E-state index in [2.05, 4.69) is 16.6 Å². The van der Waals surface area contributed by atoms with E-state index in [9.17, 15) is 14.4 Å². The number of ether oxygens (including phenoxy) is 1. The van der Waals surface area contributed by atoms with Crippen LogP contribution in [-0.2, 0) is 14.3 Å². The third-order valence-corrected chi connectivity index (χ3v) is 6.13. The minimum absolute atomic E-state index is 0.0957. The van der Waals surface area contributed by atoms with E-state index in [0.29, 0.717) is 11.1 Å². The van der Waals surface area contributed by atoms with Gasteiger partial charge in [-0.05, 0) is 64.2 Å². The zero-order chi connectivity index (χ0) is 26.2. The summed E-state index contributed by atoms with van der Waals surface area (Å²) in [5.41, 5.74) is 0.675. The molecule has 7 heteroatoms. The molecule has 1 aliphatic rings. The summed E-state index contributed by atoms with van der Waals surface area (Å²) in [5.74, 6) is 1.81. The minimum Gasteiger partial charge on any atom is -0.444 e. The maximum absolute atomic E-state index is 13.8. The predicted octanol–water partition coefficient (Wildman–Crippen LogP) is 4.56. The highest BCUT2D eigenvalue weighted by atomic mass is 16.6. The number of hydrogen-bond donors (Lipinski definition) is 2. The molecule has 0 aliphatic heterocycles. The summed E-state index contributed by atoms with van der Waals surface area (Å²) in [5, 5.41) is 5.89. The van der Waals surface area contributed by atoms with Crippen molar-refractivity contribution in [1.29, 1.82) is 0 Å². The first-order valence-electron chi connectivity index (χ1n) is 12.6. The highest BCUT2D eigenvalue weighted by Crippen LogP contribution is 2.26. The molecule has 0 bridgehead atoms. The number of alkyl carbamates (subject to hydrolysis) is 1. The molecule has 1 aromatic carbocycles. The van der Waals surface area contributed by atoms with Gasteiger partial charge in [-0.2, -0.15) is 0 Å². The molecular formula is C28H41N3O4. The Morgan fingerprint density at radius 3 is 2.20 bits per heavy atom. The van der Waals surface area contributed by atoms with Gasteiger partial charge in [0.05, 0.1) is 0 Å². The number of carbonyl (C=O) groups excluding carboxylic acids is 3. The number of nitrogens with zero attached hydrogens (tertiary/aromatic N) is 1. The number of rotatable bonds is 8. The molecule has 2 atom stereocenters. The van der Waals surface area contributed by atoms with Crippen LogP contribution in [0, 0.1) is 18.3 Å². The van der Waals surface area contributed by atoms with Gasteiger partial charge in [-0.15, -0.1) is 6.42 Å². The highest BCUT2D eigenvalue weighted by Gasteiger charge is 2.37. The minimum atomic E-state index is -0.847. The van der Waals surface area contributed by atoms with Crippen LogP contribution < -0.4 is 10.6 Å². The van der Waals surface area contributed by atoms with Crippen LogP contribution in [0.1, 0.15) is 90.8 Å². The summed E-state index contributed by atoms with van der Waals surface area (Å²) >= 11 is 0. The molecule has 0 saturated heterocycles. The average molecular weight is 484 g/mol. The van der Waals surface area contributed by atoms with Gasteiger partial charge in [0.1, 0.15) is 17.7 Å². The third-order valence-electron chi connectivity index (χ3n) is 6.13. The van der Waals surface area contributed by atoms with E-state index in [0.717, 1.165) is 25.7 Å². The Kier molecular flexibility index (Phi) is 10.2. The molecule has 2 rings (SSSR count). The van der Waals surface area contributed by atoms with Crippen LogP contribution in [0.5, 0.6) is 0 Å². The van der Waals surface area contributed by atoms with Crippen molar-refractivity contribution in [2.75, 3.05) is 6.54 Å². The van der Waals surface area contributed by atoms with Crippen molar-refractivity contribution < 1.29 is 19.1 Å². The van der Waals surface area contributed by atoms with Crippen molar-refractivity contribution in [1.82, 2.24) is 15.5 Å². The van der Waals surface area contributed by atoms with Crippen LogP contribution >= 0.6 is 0 Å². The summed E-state index contributed by atoms with van der Waals surface area (Å²) in [6.45, 7) is 11.1. The van der Waals surface area contributed by atoms with Gasteiger partial charge in [0.15, 0.2) is 0 Å².